The lowest BCUT2D eigenvalue weighted by molar-refractivity contribution is 0.0939. The molecule has 5 nitrogen and oxygen atoms in total. The molecule has 0 aliphatic carbocycles. The number of hydrogen-bond donors (Lipinski definition) is 3. The van der Waals surface area contributed by atoms with Crippen LogP contribution in [0.2, 0.25) is 0 Å². The van der Waals surface area contributed by atoms with Crippen LogP contribution in [0, 0.1) is 10.5 Å². The second-order valence-electron chi connectivity index (χ2n) is 7.02. The third kappa shape index (κ3) is 6.11. The van der Waals surface area contributed by atoms with Gasteiger partial charge in [-0.25, -0.2) is 0 Å². The molecule has 1 atom stereocenters. The zero-order chi connectivity index (χ0) is 22.4. The van der Waals surface area contributed by atoms with Crippen molar-refractivity contribution in [1.29, 1.82) is 0 Å². The highest BCUT2D eigenvalue weighted by Crippen LogP contribution is 2.18. The number of carbonyl (C=O) groups is 2. The van der Waals surface area contributed by atoms with Crippen LogP contribution in [-0.4, -0.2) is 16.9 Å². The topological polar surface area (TPSA) is 70.2 Å². The average Bonchev–Trinajstić information content (AvgIpc) is 2.76. The maximum atomic E-state index is 12.9. The van der Waals surface area contributed by atoms with E-state index in [1.165, 1.54) is 0 Å². The van der Waals surface area contributed by atoms with Gasteiger partial charge in [-0.2, -0.15) is 0 Å². The number of thiocarbonyl (C=S) groups is 1. The molecule has 3 N–H and O–H groups in total. The summed E-state index contributed by atoms with van der Waals surface area (Å²) in [5, 5.41) is 8.75. The van der Waals surface area contributed by atoms with Crippen molar-refractivity contribution in [3.05, 3.63) is 98.6 Å². The van der Waals surface area contributed by atoms with E-state index in [0.29, 0.717) is 16.8 Å². The van der Waals surface area contributed by atoms with Gasteiger partial charge >= 0.3 is 0 Å². The van der Waals surface area contributed by atoms with E-state index < -0.39 is 0 Å². The van der Waals surface area contributed by atoms with Crippen LogP contribution >= 0.6 is 34.8 Å². The Morgan fingerprint density at radius 1 is 0.935 bits per heavy atom. The first kappa shape index (κ1) is 22.9. The largest absolute Gasteiger partial charge is 0.345 e. The Bertz CT molecular complexity index is 1120. The minimum absolute atomic E-state index is 0.122. The summed E-state index contributed by atoms with van der Waals surface area (Å²) in [6.45, 7) is 3.91. The molecule has 1 unspecified atom stereocenters. The Hall–Kier alpha value is -2.78. The van der Waals surface area contributed by atoms with Crippen molar-refractivity contribution >= 4 is 57.4 Å². The Balaban J connectivity index is 1.68. The summed E-state index contributed by atoms with van der Waals surface area (Å²) < 4.78 is 0.999. The van der Waals surface area contributed by atoms with E-state index >= 15 is 0 Å². The predicted molar refractivity (Wildman–Crippen MR) is 136 cm³/mol. The number of aryl methyl sites for hydroxylation is 1. The van der Waals surface area contributed by atoms with Gasteiger partial charge in [-0.15, -0.1) is 0 Å². The molecule has 0 radical (unpaired) electrons. The molecular formula is C24H22IN3O2S. The first-order valence-corrected chi connectivity index (χ1v) is 11.2. The first-order chi connectivity index (χ1) is 14.8. The Labute approximate surface area is 200 Å². The molecule has 0 aliphatic heterocycles. The standard InChI is InChI=1S/C24H22IN3O2S/c1-15-12-13-18(14-20(15)25)22(29)28-24(31)27-21-11-7-6-10-19(21)23(30)26-16(2)17-8-4-3-5-9-17/h3-14,16H,1-2H3,(H,26,30)(H2,27,28,29,31). The number of rotatable bonds is 5. The van der Waals surface area contributed by atoms with Gasteiger partial charge < -0.3 is 10.6 Å². The van der Waals surface area contributed by atoms with Gasteiger partial charge in [0.1, 0.15) is 0 Å². The van der Waals surface area contributed by atoms with Crippen molar-refractivity contribution in [2.24, 2.45) is 0 Å². The lowest BCUT2D eigenvalue weighted by atomic mass is 10.1. The van der Waals surface area contributed by atoms with E-state index in [4.69, 9.17) is 12.2 Å². The van der Waals surface area contributed by atoms with Crippen LogP contribution < -0.4 is 16.0 Å². The summed E-state index contributed by atoms with van der Waals surface area (Å²) in [6.07, 6.45) is 0. The van der Waals surface area contributed by atoms with Gasteiger partial charge in [0.05, 0.1) is 17.3 Å². The summed E-state index contributed by atoms with van der Waals surface area (Å²) in [5.41, 5.74) is 3.58. The second kappa shape index (κ2) is 10.5. The number of amides is 2. The normalized spacial score (nSPS) is 11.3. The molecule has 31 heavy (non-hydrogen) atoms. The van der Waals surface area contributed by atoms with Crippen molar-refractivity contribution in [1.82, 2.24) is 10.6 Å². The van der Waals surface area contributed by atoms with E-state index in [2.05, 4.69) is 38.5 Å². The monoisotopic (exact) mass is 543 g/mol. The zero-order valence-electron chi connectivity index (χ0n) is 17.1. The molecule has 0 saturated heterocycles. The van der Waals surface area contributed by atoms with Gasteiger partial charge in [-0.1, -0.05) is 48.5 Å². The number of halogens is 1. The Morgan fingerprint density at radius 2 is 1.61 bits per heavy atom. The van der Waals surface area contributed by atoms with Crippen LogP contribution in [0.5, 0.6) is 0 Å². The van der Waals surface area contributed by atoms with Crippen molar-refractivity contribution in [2.75, 3.05) is 5.32 Å². The van der Waals surface area contributed by atoms with E-state index in [0.717, 1.165) is 14.7 Å². The molecule has 0 aliphatic rings. The fourth-order valence-electron chi connectivity index (χ4n) is 2.95. The zero-order valence-corrected chi connectivity index (χ0v) is 20.1. The number of carbonyl (C=O) groups excluding carboxylic acids is 2. The van der Waals surface area contributed by atoms with Gasteiger partial charge in [-0.05, 0) is 84.0 Å². The average molecular weight is 543 g/mol. The molecule has 2 amide bonds. The van der Waals surface area contributed by atoms with Crippen LogP contribution in [-0.2, 0) is 0 Å². The lowest BCUT2D eigenvalue weighted by Crippen LogP contribution is -2.35. The minimum atomic E-state index is -0.310. The van der Waals surface area contributed by atoms with Crippen LogP contribution in [0.15, 0.2) is 72.8 Å². The van der Waals surface area contributed by atoms with Gasteiger partial charge in [0.2, 0.25) is 0 Å². The summed E-state index contributed by atoms with van der Waals surface area (Å²) >= 11 is 7.49. The fraction of sp³-hybridized carbons (Fsp3) is 0.125. The van der Waals surface area contributed by atoms with Crippen molar-refractivity contribution in [3.63, 3.8) is 0 Å². The molecule has 0 fully saturated rings. The summed E-state index contributed by atoms with van der Waals surface area (Å²) in [6, 6.07) is 22.1. The highest BCUT2D eigenvalue weighted by molar-refractivity contribution is 14.1. The van der Waals surface area contributed by atoms with E-state index in [1.807, 2.05) is 50.2 Å². The van der Waals surface area contributed by atoms with E-state index in [1.54, 1.807) is 36.4 Å². The second-order valence-corrected chi connectivity index (χ2v) is 8.59. The van der Waals surface area contributed by atoms with Gasteiger partial charge in [0.15, 0.2) is 5.11 Å². The third-order valence-electron chi connectivity index (χ3n) is 4.73. The molecule has 3 rings (SSSR count). The molecule has 0 aromatic heterocycles. The number of benzene rings is 3. The summed E-state index contributed by atoms with van der Waals surface area (Å²) in [4.78, 5) is 25.4. The molecule has 3 aromatic rings. The number of nitrogens with one attached hydrogen (secondary N) is 3. The number of para-hydroxylation sites is 1. The van der Waals surface area contributed by atoms with Crippen LogP contribution in [0.25, 0.3) is 0 Å². The minimum Gasteiger partial charge on any atom is -0.345 e. The predicted octanol–water partition coefficient (Wildman–Crippen LogP) is 5.22. The van der Waals surface area contributed by atoms with Crippen LogP contribution in [0.3, 0.4) is 0 Å². The number of hydrogen-bond acceptors (Lipinski definition) is 3. The van der Waals surface area contributed by atoms with Gasteiger partial charge in [0, 0.05) is 9.13 Å². The smallest absolute Gasteiger partial charge is 0.257 e. The molecular weight excluding hydrogens is 521 g/mol. The highest BCUT2D eigenvalue weighted by Gasteiger charge is 2.16. The molecule has 0 heterocycles. The Morgan fingerprint density at radius 3 is 2.32 bits per heavy atom. The highest BCUT2D eigenvalue weighted by atomic mass is 127. The van der Waals surface area contributed by atoms with Crippen molar-refractivity contribution in [3.8, 4) is 0 Å². The SMILES string of the molecule is Cc1ccc(C(=O)NC(=S)Nc2ccccc2C(=O)NC(C)c2ccccc2)cc1I. The van der Waals surface area contributed by atoms with E-state index in [-0.39, 0.29) is 23.0 Å². The van der Waals surface area contributed by atoms with Crippen LogP contribution in [0.1, 0.15) is 44.8 Å². The number of anilines is 1. The van der Waals surface area contributed by atoms with Crippen molar-refractivity contribution in [2.45, 2.75) is 19.9 Å². The van der Waals surface area contributed by atoms with Crippen LogP contribution in [0.4, 0.5) is 5.69 Å². The quantitative estimate of drug-likeness (QED) is 0.305. The third-order valence-corrected chi connectivity index (χ3v) is 6.09. The molecule has 158 valence electrons. The maximum absolute atomic E-state index is 12.9. The van der Waals surface area contributed by atoms with E-state index in [9.17, 15) is 9.59 Å². The molecule has 0 saturated carbocycles. The molecule has 7 heteroatoms. The van der Waals surface area contributed by atoms with Crippen molar-refractivity contribution < 1.29 is 9.59 Å². The first-order valence-electron chi connectivity index (χ1n) is 9.68. The molecule has 3 aromatic carbocycles. The fourth-order valence-corrected chi connectivity index (χ4v) is 3.67. The Kier molecular flexibility index (Phi) is 7.75. The summed E-state index contributed by atoms with van der Waals surface area (Å²) in [5.74, 6) is -0.545. The molecule has 0 spiro atoms. The summed E-state index contributed by atoms with van der Waals surface area (Å²) in [7, 11) is 0. The maximum Gasteiger partial charge on any atom is 0.257 e. The van der Waals surface area contributed by atoms with Gasteiger partial charge in [0.25, 0.3) is 11.8 Å². The molecule has 0 bridgehead atoms. The van der Waals surface area contributed by atoms with Gasteiger partial charge in [-0.3, -0.25) is 14.9 Å². The lowest BCUT2D eigenvalue weighted by Gasteiger charge is -2.17.